The number of halogens is 3. The molecule has 96 valence electrons. The summed E-state index contributed by atoms with van der Waals surface area (Å²) in [5.74, 6) is -0.517. The van der Waals surface area contributed by atoms with Crippen LogP contribution < -0.4 is 5.56 Å². The summed E-state index contributed by atoms with van der Waals surface area (Å²) in [4.78, 5) is 15.5. The average Bonchev–Trinajstić information content (AvgIpc) is 2.41. The van der Waals surface area contributed by atoms with Crippen LogP contribution in [0, 0.1) is 17.1 Å². The highest BCUT2D eigenvalue weighted by molar-refractivity contribution is 6.40. The summed E-state index contributed by atoms with van der Waals surface area (Å²) in [6.45, 7) is -0.0793. The van der Waals surface area contributed by atoms with Gasteiger partial charge in [-0.25, -0.2) is 9.37 Å². The van der Waals surface area contributed by atoms with Gasteiger partial charge in [0, 0.05) is 5.56 Å². The molecule has 0 aliphatic carbocycles. The number of nitrogens with zero attached hydrogens (tertiary/aromatic N) is 3. The van der Waals surface area contributed by atoms with E-state index in [-0.39, 0.29) is 22.3 Å². The quantitative estimate of drug-likeness (QED) is 0.801. The summed E-state index contributed by atoms with van der Waals surface area (Å²) in [5.41, 5.74) is -0.0674. The summed E-state index contributed by atoms with van der Waals surface area (Å²) in [7, 11) is 0. The molecule has 0 amide bonds. The predicted molar refractivity (Wildman–Crippen MR) is 68.7 cm³/mol. The SMILES string of the molecule is N#Cc1ccc(F)c(Cn2cnc(Cl)c(Cl)c2=O)c1. The Morgan fingerprint density at radius 2 is 2.16 bits per heavy atom. The van der Waals surface area contributed by atoms with Gasteiger partial charge in [-0.2, -0.15) is 5.26 Å². The fourth-order valence-corrected chi connectivity index (χ4v) is 1.79. The molecule has 2 rings (SSSR count). The Bertz CT molecular complexity index is 737. The van der Waals surface area contributed by atoms with Gasteiger partial charge in [0.2, 0.25) is 0 Å². The minimum absolute atomic E-state index is 0.0793. The molecule has 0 bridgehead atoms. The van der Waals surface area contributed by atoms with Gasteiger partial charge in [-0.15, -0.1) is 0 Å². The Kier molecular flexibility index (Phi) is 3.84. The summed E-state index contributed by atoms with van der Waals surface area (Å²) in [6, 6.07) is 5.79. The summed E-state index contributed by atoms with van der Waals surface area (Å²) in [6.07, 6.45) is 1.18. The molecule has 0 radical (unpaired) electrons. The van der Waals surface area contributed by atoms with E-state index in [0.29, 0.717) is 5.56 Å². The Morgan fingerprint density at radius 3 is 2.84 bits per heavy atom. The zero-order valence-electron chi connectivity index (χ0n) is 9.40. The molecular weight excluding hydrogens is 292 g/mol. The van der Waals surface area contributed by atoms with Gasteiger partial charge in [0.1, 0.15) is 10.8 Å². The van der Waals surface area contributed by atoms with Crippen molar-refractivity contribution < 1.29 is 4.39 Å². The summed E-state index contributed by atoms with van der Waals surface area (Å²) < 4.78 is 14.7. The molecule has 0 fully saturated rings. The third-order valence-electron chi connectivity index (χ3n) is 2.46. The first-order chi connectivity index (χ1) is 9.02. The molecule has 0 unspecified atom stereocenters. The maximum atomic E-state index is 13.6. The zero-order chi connectivity index (χ0) is 14.0. The van der Waals surface area contributed by atoms with E-state index < -0.39 is 11.4 Å². The second-order valence-corrected chi connectivity index (χ2v) is 4.44. The molecule has 4 nitrogen and oxygen atoms in total. The first kappa shape index (κ1) is 13.5. The molecule has 19 heavy (non-hydrogen) atoms. The molecule has 0 N–H and O–H groups in total. The number of rotatable bonds is 2. The maximum Gasteiger partial charge on any atom is 0.273 e. The number of aromatic nitrogens is 2. The van der Waals surface area contributed by atoms with E-state index >= 15 is 0 Å². The summed E-state index contributed by atoms with van der Waals surface area (Å²) in [5, 5.41) is 8.44. The molecule has 0 saturated heterocycles. The van der Waals surface area contributed by atoms with Crippen molar-refractivity contribution in [2.45, 2.75) is 6.54 Å². The summed E-state index contributed by atoms with van der Waals surface area (Å²) >= 11 is 11.3. The fourth-order valence-electron chi connectivity index (χ4n) is 1.51. The molecule has 0 aliphatic rings. The van der Waals surface area contributed by atoms with Crippen molar-refractivity contribution in [2.75, 3.05) is 0 Å². The number of hydrogen-bond donors (Lipinski definition) is 0. The molecule has 1 aromatic heterocycles. The minimum Gasteiger partial charge on any atom is -0.293 e. The van der Waals surface area contributed by atoms with Crippen molar-refractivity contribution in [3.63, 3.8) is 0 Å². The lowest BCUT2D eigenvalue weighted by Gasteiger charge is -2.07. The highest BCUT2D eigenvalue weighted by Crippen LogP contribution is 2.15. The van der Waals surface area contributed by atoms with Crippen LogP contribution in [0.2, 0.25) is 10.2 Å². The van der Waals surface area contributed by atoms with E-state index in [1.807, 2.05) is 6.07 Å². The fraction of sp³-hybridized carbons (Fsp3) is 0.0833. The topological polar surface area (TPSA) is 58.7 Å². The zero-order valence-corrected chi connectivity index (χ0v) is 10.9. The molecule has 0 atom stereocenters. The predicted octanol–water partition coefficient (Wildman–Crippen LogP) is 2.61. The van der Waals surface area contributed by atoms with Gasteiger partial charge in [-0.1, -0.05) is 23.2 Å². The number of nitriles is 1. The minimum atomic E-state index is -0.566. The Morgan fingerprint density at radius 1 is 1.42 bits per heavy atom. The van der Waals surface area contributed by atoms with Crippen molar-refractivity contribution in [1.82, 2.24) is 9.55 Å². The average molecular weight is 298 g/mol. The number of hydrogen-bond acceptors (Lipinski definition) is 3. The van der Waals surface area contributed by atoms with Gasteiger partial charge in [-0.05, 0) is 18.2 Å². The Labute approximate surface area is 117 Å². The van der Waals surface area contributed by atoms with Crippen LogP contribution in [0.4, 0.5) is 4.39 Å². The second-order valence-electron chi connectivity index (χ2n) is 3.70. The van der Waals surface area contributed by atoms with Crippen LogP contribution in [0.1, 0.15) is 11.1 Å². The molecule has 1 heterocycles. The van der Waals surface area contributed by atoms with Gasteiger partial charge < -0.3 is 0 Å². The van der Waals surface area contributed by atoms with Crippen molar-refractivity contribution in [3.05, 3.63) is 62.0 Å². The normalized spacial score (nSPS) is 10.2. The smallest absolute Gasteiger partial charge is 0.273 e. The Balaban J connectivity index is 2.45. The van der Waals surface area contributed by atoms with Crippen LogP contribution in [0.3, 0.4) is 0 Å². The number of benzene rings is 1. The second kappa shape index (κ2) is 5.39. The van der Waals surface area contributed by atoms with E-state index in [2.05, 4.69) is 4.98 Å². The van der Waals surface area contributed by atoms with Crippen LogP contribution in [-0.4, -0.2) is 9.55 Å². The molecule has 1 aromatic carbocycles. The third kappa shape index (κ3) is 2.75. The van der Waals surface area contributed by atoms with E-state index in [1.54, 1.807) is 0 Å². The van der Waals surface area contributed by atoms with E-state index in [4.69, 9.17) is 28.5 Å². The van der Waals surface area contributed by atoms with Gasteiger partial charge in [0.15, 0.2) is 5.15 Å². The van der Waals surface area contributed by atoms with Gasteiger partial charge in [0.05, 0.1) is 24.5 Å². The van der Waals surface area contributed by atoms with Crippen molar-refractivity contribution >= 4 is 23.2 Å². The highest BCUT2D eigenvalue weighted by Gasteiger charge is 2.10. The molecule has 0 aliphatic heterocycles. The van der Waals surface area contributed by atoms with Gasteiger partial charge in [-0.3, -0.25) is 9.36 Å². The molecular formula is C12H6Cl2FN3O. The Hall–Kier alpha value is -1.90. The monoisotopic (exact) mass is 297 g/mol. The molecule has 2 aromatic rings. The third-order valence-corrected chi connectivity index (χ3v) is 3.18. The van der Waals surface area contributed by atoms with Crippen LogP contribution in [0.5, 0.6) is 0 Å². The lowest BCUT2D eigenvalue weighted by Crippen LogP contribution is -2.22. The van der Waals surface area contributed by atoms with E-state index in [9.17, 15) is 9.18 Å². The highest BCUT2D eigenvalue weighted by atomic mass is 35.5. The first-order valence-corrected chi connectivity index (χ1v) is 5.87. The molecule has 7 heteroatoms. The van der Waals surface area contributed by atoms with Crippen molar-refractivity contribution in [3.8, 4) is 6.07 Å². The maximum absolute atomic E-state index is 13.6. The van der Waals surface area contributed by atoms with Crippen LogP contribution >= 0.6 is 23.2 Å². The molecule has 0 spiro atoms. The standard InChI is InChI=1S/C12H6Cl2FN3O/c13-10-11(14)17-6-18(12(10)19)5-8-3-7(4-16)1-2-9(8)15/h1-3,6H,5H2. The van der Waals surface area contributed by atoms with Crippen LogP contribution in [-0.2, 0) is 6.54 Å². The first-order valence-electron chi connectivity index (χ1n) is 5.12. The van der Waals surface area contributed by atoms with Gasteiger partial charge >= 0.3 is 0 Å². The molecule has 0 saturated carbocycles. The van der Waals surface area contributed by atoms with Crippen molar-refractivity contribution in [2.24, 2.45) is 0 Å². The lowest BCUT2D eigenvalue weighted by atomic mass is 10.1. The van der Waals surface area contributed by atoms with Crippen molar-refractivity contribution in [1.29, 1.82) is 5.26 Å². The lowest BCUT2D eigenvalue weighted by molar-refractivity contribution is 0.594. The van der Waals surface area contributed by atoms with E-state index in [0.717, 1.165) is 4.57 Å². The van der Waals surface area contributed by atoms with E-state index in [1.165, 1.54) is 24.5 Å². The van der Waals surface area contributed by atoms with Gasteiger partial charge in [0.25, 0.3) is 5.56 Å². The largest absolute Gasteiger partial charge is 0.293 e. The van der Waals surface area contributed by atoms with Crippen LogP contribution in [0.25, 0.3) is 0 Å². The van der Waals surface area contributed by atoms with Crippen LogP contribution in [0.15, 0.2) is 29.3 Å².